The quantitative estimate of drug-likeness (QED) is 0.735. The molecule has 0 aliphatic carbocycles. The molecule has 0 fully saturated rings. The van der Waals surface area contributed by atoms with Gasteiger partial charge in [-0.1, -0.05) is 39.0 Å². The van der Waals surface area contributed by atoms with Crippen molar-refractivity contribution in [3.63, 3.8) is 0 Å². The third kappa shape index (κ3) is 4.91. The molecule has 0 saturated carbocycles. The largest absolute Gasteiger partial charge is 0.508 e. The van der Waals surface area contributed by atoms with E-state index in [9.17, 15) is 9.90 Å². The van der Waals surface area contributed by atoms with Gasteiger partial charge in [0.25, 0.3) is 0 Å². The van der Waals surface area contributed by atoms with Gasteiger partial charge in [0, 0.05) is 5.69 Å². The summed E-state index contributed by atoms with van der Waals surface area (Å²) < 4.78 is 5.59. The van der Waals surface area contributed by atoms with E-state index < -0.39 is 6.23 Å². The van der Waals surface area contributed by atoms with Crippen molar-refractivity contribution in [3.8, 4) is 11.5 Å². The van der Waals surface area contributed by atoms with Crippen LogP contribution in [0.2, 0.25) is 0 Å². The number of phenols is 1. The molecule has 0 saturated heterocycles. The molecule has 1 unspecified atom stereocenters. The van der Waals surface area contributed by atoms with Crippen molar-refractivity contribution >= 4 is 11.7 Å². The second-order valence-electron chi connectivity index (χ2n) is 6.65. The van der Waals surface area contributed by atoms with E-state index in [1.165, 1.54) is 12.1 Å². The van der Waals surface area contributed by atoms with Gasteiger partial charge in [0.15, 0.2) is 6.23 Å². The van der Waals surface area contributed by atoms with Crippen molar-refractivity contribution in [1.29, 1.82) is 0 Å². The molecule has 0 radical (unpaired) electrons. The highest BCUT2D eigenvalue weighted by Gasteiger charge is 2.19. The van der Waals surface area contributed by atoms with Gasteiger partial charge in [0.1, 0.15) is 11.5 Å². The van der Waals surface area contributed by atoms with E-state index in [1.54, 1.807) is 19.1 Å². The van der Waals surface area contributed by atoms with E-state index in [0.717, 1.165) is 11.3 Å². The van der Waals surface area contributed by atoms with Crippen molar-refractivity contribution in [2.24, 2.45) is 0 Å². The third-order valence-corrected chi connectivity index (χ3v) is 3.47. The number of hydrogen-bond donors (Lipinski definition) is 3. The van der Waals surface area contributed by atoms with Crippen molar-refractivity contribution in [1.82, 2.24) is 5.32 Å². The Morgan fingerprint density at radius 3 is 2.33 bits per heavy atom. The zero-order chi connectivity index (χ0) is 17.7. The van der Waals surface area contributed by atoms with Gasteiger partial charge in [-0.2, -0.15) is 0 Å². The van der Waals surface area contributed by atoms with Crippen LogP contribution in [0.3, 0.4) is 0 Å². The standard InChI is InChI=1S/C19H24N2O3/c1-13(24-15-11-9-14(22)10-12-15)20-18(23)21-17-8-6-5-7-16(17)19(2,3)4/h5-13,22H,1-4H3,(H2,20,21,23). The second-order valence-corrected chi connectivity index (χ2v) is 6.65. The Kier molecular flexibility index (Phi) is 5.34. The maximum atomic E-state index is 12.2. The summed E-state index contributed by atoms with van der Waals surface area (Å²) >= 11 is 0. The van der Waals surface area contributed by atoms with Crippen LogP contribution in [-0.4, -0.2) is 17.4 Å². The fourth-order valence-electron chi connectivity index (χ4n) is 2.35. The predicted octanol–water partition coefficient (Wildman–Crippen LogP) is 4.24. The molecule has 2 aromatic carbocycles. The number of para-hydroxylation sites is 1. The molecule has 0 aliphatic heterocycles. The van der Waals surface area contributed by atoms with E-state index in [2.05, 4.69) is 31.4 Å². The topological polar surface area (TPSA) is 70.6 Å². The first-order valence-electron chi connectivity index (χ1n) is 7.88. The lowest BCUT2D eigenvalue weighted by Crippen LogP contribution is -2.39. The number of phenolic OH excluding ortho intramolecular Hbond substituents is 1. The van der Waals surface area contributed by atoms with Crippen LogP contribution in [0, 0.1) is 0 Å². The molecule has 3 N–H and O–H groups in total. The number of anilines is 1. The van der Waals surface area contributed by atoms with Crippen LogP contribution in [0.15, 0.2) is 48.5 Å². The number of carbonyl (C=O) groups is 1. The number of hydrogen-bond acceptors (Lipinski definition) is 3. The normalized spacial score (nSPS) is 12.3. The molecular weight excluding hydrogens is 304 g/mol. The second kappa shape index (κ2) is 7.25. The average molecular weight is 328 g/mol. The average Bonchev–Trinajstić information content (AvgIpc) is 2.49. The van der Waals surface area contributed by atoms with Crippen molar-refractivity contribution in [2.75, 3.05) is 5.32 Å². The first-order chi connectivity index (χ1) is 11.3. The minimum Gasteiger partial charge on any atom is -0.508 e. The maximum Gasteiger partial charge on any atom is 0.322 e. The van der Waals surface area contributed by atoms with E-state index in [0.29, 0.717) is 5.75 Å². The van der Waals surface area contributed by atoms with Gasteiger partial charge in [-0.25, -0.2) is 4.79 Å². The maximum absolute atomic E-state index is 12.2. The molecule has 5 nitrogen and oxygen atoms in total. The van der Waals surface area contributed by atoms with Crippen LogP contribution in [0.4, 0.5) is 10.5 Å². The lowest BCUT2D eigenvalue weighted by molar-refractivity contribution is 0.183. The highest BCUT2D eigenvalue weighted by Crippen LogP contribution is 2.29. The molecule has 5 heteroatoms. The number of urea groups is 1. The molecular formula is C19H24N2O3. The summed E-state index contributed by atoms with van der Waals surface area (Å²) in [5.41, 5.74) is 1.77. The minimum atomic E-state index is -0.517. The number of nitrogens with one attached hydrogen (secondary N) is 2. The zero-order valence-electron chi connectivity index (χ0n) is 14.5. The van der Waals surface area contributed by atoms with Gasteiger partial charge < -0.3 is 20.5 Å². The molecule has 2 rings (SSSR count). The van der Waals surface area contributed by atoms with Gasteiger partial charge in [0.05, 0.1) is 0 Å². The fraction of sp³-hybridized carbons (Fsp3) is 0.316. The number of benzene rings is 2. The molecule has 2 amide bonds. The Labute approximate surface area is 142 Å². The third-order valence-electron chi connectivity index (χ3n) is 3.47. The van der Waals surface area contributed by atoms with Crippen LogP contribution < -0.4 is 15.4 Å². The van der Waals surface area contributed by atoms with Gasteiger partial charge in [-0.15, -0.1) is 0 Å². The summed E-state index contributed by atoms with van der Waals surface area (Å²) in [6.45, 7) is 8.04. The zero-order valence-corrected chi connectivity index (χ0v) is 14.5. The lowest BCUT2D eigenvalue weighted by Gasteiger charge is -2.23. The molecule has 0 aliphatic rings. The van der Waals surface area contributed by atoms with Crippen molar-refractivity contribution in [3.05, 3.63) is 54.1 Å². The predicted molar refractivity (Wildman–Crippen MR) is 95.5 cm³/mol. The number of rotatable bonds is 4. The Hall–Kier alpha value is -2.69. The SMILES string of the molecule is CC(NC(=O)Nc1ccccc1C(C)(C)C)Oc1ccc(O)cc1. The molecule has 128 valence electrons. The highest BCUT2D eigenvalue weighted by atomic mass is 16.5. The number of ether oxygens (including phenoxy) is 1. The molecule has 0 spiro atoms. The highest BCUT2D eigenvalue weighted by molar-refractivity contribution is 5.90. The van der Waals surface area contributed by atoms with Crippen LogP contribution in [-0.2, 0) is 5.41 Å². The minimum absolute atomic E-state index is 0.0714. The van der Waals surface area contributed by atoms with Gasteiger partial charge in [0.2, 0.25) is 0 Å². The molecule has 24 heavy (non-hydrogen) atoms. The summed E-state index contributed by atoms with van der Waals surface area (Å²) in [6, 6.07) is 13.7. The summed E-state index contributed by atoms with van der Waals surface area (Å²) in [4.78, 5) is 12.2. The van der Waals surface area contributed by atoms with Gasteiger partial charge in [-0.3, -0.25) is 0 Å². The van der Waals surface area contributed by atoms with Gasteiger partial charge in [-0.05, 0) is 48.2 Å². The summed E-state index contributed by atoms with van der Waals surface area (Å²) in [7, 11) is 0. The Morgan fingerprint density at radius 2 is 1.71 bits per heavy atom. The molecule has 0 heterocycles. The van der Waals surface area contributed by atoms with Crippen molar-refractivity contribution in [2.45, 2.75) is 39.3 Å². The molecule has 0 aromatic heterocycles. The first-order valence-corrected chi connectivity index (χ1v) is 7.88. The van der Waals surface area contributed by atoms with Crippen molar-refractivity contribution < 1.29 is 14.6 Å². The molecule has 0 bridgehead atoms. The van der Waals surface area contributed by atoms with E-state index in [-0.39, 0.29) is 17.2 Å². The summed E-state index contributed by atoms with van der Waals surface area (Å²) in [6.07, 6.45) is -0.517. The lowest BCUT2D eigenvalue weighted by atomic mass is 9.86. The van der Waals surface area contributed by atoms with Gasteiger partial charge >= 0.3 is 6.03 Å². The Balaban J connectivity index is 1.97. The molecule has 2 aromatic rings. The van der Waals surface area contributed by atoms with Crippen LogP contribution >= 0.6 is 0 Å². The first kappa shape index (κ1) is 17.7. The van der Waals surface area contributed by atoms with E-state index in [1.807, 2.05) is 24.3 Å². The fourth-order valence-corrected chi connectivity index (χ4v) is 2.35. The van der Waals surface area contributed by atoms with E-state index >= 15 is 0 Å². The smallest absolute Gasteiger partial charge is 0.322 e. The van der Waals surface area contributed by atoms with Crippen LogP contribution in [0.25, 0.3) is 0 Å². The van der Waals surface area contributed by atoms with Crippen LogP contribution in [0.5, 0.6) is 11.5 Å². The monoisotopic (exact) mass is 328 g/mol. The summed E-state index contributed by atoms with van der Waals surface area (Å²) in [5.74, 6) is 0.732. The number of aromatic hydroxyl groups is 1. The Morgan fingerprint density at radius 1 is 1.08 bits per heavy atom. The number of carbonyl (C=O) groups excluding carboxylic acids is 1. The molecule has 1 atom stereocenters. The summed E-state index contributed by atoms with van der Waals surface area (Å²) in [5, 5.41) is 14.9. The Bertz CT molecular complexity index is 691. The van der Waals surface area contributed by atoms with E-state index in [4.69, 9.17) is 4.74 Å². The number of amides is 2. The van der Waals surface area contributed by atoms with Crippen LogP contribution in [0.1, 0.15) is 33.3 Å².